The summed E-state index contributed by atoms with van der Waals surface area (Å²) in [4.78, 5) is 22.5. The number of amides is 2. The lowest BCUT2D eigenvalue weighted by molar-refractivity contribution is -0.126. The van der Waals surface area contributed by atoms with E-state index in [4.69, 9.17) is 0 Å². The Labute approximate surface area is 106 Å². The van der Waals surface area contributed by atoms with Crippen LogP contribution in [0.3, 0.4) is 0 Å². The monoisotopic (exact) mass is 252 g/mol. The van der Waals surface area contributed by atoms with Crippen LogP contribution in [0.25, 0.3) is 0 Å². The Bertz CT molecular complexity index is 404. The highest BCUT2D eigenvalue weighted by Gasteiger charge is 2.04. The molecule has 98 valence electrons. The highest BCUT2D eigenvalue weighted by Crippen LogP contribution is 2.01. The third-order valence-electron chi connectivity index (χ3n) is 2.33. The van der Waals surface area contributed by atoms with Crippen molar-refractivity contribution in [3.8, 4) is 0 Å². The minimum atomic E-state index is -0.308. The van der Waals surface area contributed by atoms with Crippen molar-refractivity contribution < 1.29 is 14.0 Å². The number of hydrogen-bond donors (Lipinski definition) is 2. The van der Waals surface area contributed by atoms with Crippen molar-refractivity contribution in [2.75, 3.05) is 6.54 Å². The van der Waals surface area contributed by atoms with Crippen LogP contribution in [0, 0.1) is 5.82 Å². The minimum absolute atomic E-state index is 0.0277. The SMILES string of the molecule is CCCC(=O)NCC(=O)NCc1ccc(F)cc1. The van der Waals surface area contributed by atoms with Crippen LogP contribution in [-0.4, -0.2) is 18.4 Å². The Hall–Kier alpha value is -1.91. The Balaban J connectivity index is 2.24. The van der Waals surface area contributed by atoms with E-state index in [1.165, 1.54) is 12.1 Å². The van der Waals surface area contributed by atoms with E-state index >= 15 is 0 Å². The standard InChI is InChI=1S/C13H17FN2O2/c1-2-3-12(17)16-9-13(18)15-8-10-4-6-11(14)7-5-10/h4-7H,2-3,8-9H2,1H3,(H,15,18)(H,16,17). The summed E-state index contributed by atoms with van der Waals surface area (Å²) >= 11 is 0. The van der Waals surface area contributed by atoms with E-state index in [0.717, 1.165) is 12.0 Å². The fraction of sp³-hybridized carbons (Fsp3) is 0.385. The number of nitrogens with one attached hydrogen (secondary N) is 2. The quantitative estimate of drug-likeness (QED) is 0.803. The van der Waals surface area contributed by atoms with Gasteiger partial charge in [-0.2, -0.15) is 0 Å². The maximum atomic E-state index is 12.6. The van der Waals surface area contributed by atoms with E-state index in [9.17, 15) is 14.0 Å². The Morgan fingerprint density at radius 1 is 1.11 bits per heavy atom. The van der Waals surface area contributed by atoms with Gasteiger partial charge in [0.25, 0.3) is 0 Å². The normalized spacial score (nSPS) is 9.89. The van der Waals surface area contributed by atoms with Gasteiger partial charge in [0.15, 0.2) is 0 Å². The van der Waals surface area contributed by atoms with Crippen molar-refractivity contribution >= 4 is 11.8 Å². The lowest BCUT2D eigenvalue weighted by Gasteiger charge is -2.06. The van der Waals surface area contributed by atoms with Crippen LogP contribution >= 0.6 is 0 Å². The lowest BCUT2D eigenvalue weighted by Crippen LogP contribution is -2.36. The molecule has 0 saturated carbocycles. The van der Waals surface area contributed by atoms with Crippen molar-refractivity contribution in [3.63, 3.8) is 0 Å². The molecule has 0 spiro atoms. The Morgan fingerprint density at radius 2 is 1.78 bits per heavy atom. The molecule has 0 heterocycles. The van der Waals surface area contributed by atoms with E-state index in [-0.39, 0.29) is 24.2 Å². The van der Waals surface area contributed by atoms with Gasteiger partial charge in [-0.1, -0.05) is 19.1 Å². The second-order valence-corrected chi connectivity index (χ2v) is 3.93. The van der Waals surface area contributed by atoms with Crippen LogP contribution in [0.2, 0.25) is 0 Å². The van der Waals surface area contributed by atoms with Crippen LogP contribution in [-0.2, 0) is 16.1 Å². The average molecular weight is 252 g/mol. The van der Waals surface area contributed by atoms with Gasteiger partial charge >= 0.3 is 0 Å². The van der Waals surface area contributed by atoms with E-state index in [0.29, 0.717) is 13.0 Å². The summed E-state index contributed by atoms with van der Waals surface area (Å²) in [5.41, 5.74) is 0.810. The first kappa shape index (κ1) is 14.2. The fourth-order valence-corrected chi connectivity index (χ4v) is 1.36. The van der Waals surface area contributed by atoms with Crippen molar-refractivity contribution in [1.82, 2.24) is 10.6 Å². The highest BCUT2D eigenvalue weighted by molar-refractivity contribution is 5.84. The third kappa shape index (κ3) is 5.43. The summed E-state index contributed by atoms with van der Waals surface area (Å²) < 4.78 is 12.6. The zero-order valence-corrected chi connectivity index (χ0v) is 10.3. The van der Waals surface area contributed by atoms with Crippen LogP contribution < -0.4 is 10.6 Å². The topological polar surface area (TPSA) is 58.2 Å². The number of carbonyl (C=O) groups excluding carboxylic acids is 2. The molecule has 1 rings (SSSR count). The van der Waals surface area contributed by atoms with E-state index in [1.54, 1.807) is 12.1 Å². The average Bonchev–Trinajstić information content (AvgIpc) is 2.36. The molecule has 0 aromatic heterocycles. The molecular weight excluding hydrogens is 235 g/mol. The zero-order valence-electron chi connectivity index (χ0n) is 10.3. The molecule has 1 aromatic carbocycles. The Morgan fingerprint density at radius 3 is 2.39 bits per heavy atom. The lowest BCUT2D eigenvalue weighted by atomic mass is 10.2. The molecule has 0 unspecified atom stereocenters. The second kappa shape index (κ2) is 7.42. The summed E-state index contributed by atoms with van der Waals surface area (Å²) in [6, 6.07) is 5.88. The van der Waals surface area contributed by atoms with E-state index in [1.807, 2.05) is 6.92 Å². The molecule has 0 aliphatic heterocycles. The molecule has 2 N–H and O–H groups in total. The summed E-state index contributed by atoms with van der Waals surface area (Å²) in [6.07, 6.45) is 1.17. The molecule has 0 aliphatic carbocycles. The molecule has 4 nitrogen and oxygen atoms in total. The van der Waals surface area contributed by atoms with Gasteiger partial charge in [-0.25, -0.2) is 4.39 Å². The minimum Gasteiger partial charge on any atom is -0.350 e. The molecule has 0 radical (unpaired) electrons. The van der Waals surface area contributed by atoms with Crippen molar-refractivity contribution in [1.29, 1.82) is 0 Å². The van der Waals surface area contributed by atoms with Crippen molar-refractivity contribution in [3.05, 3.63) is 35.6 Å². The zero-order chi connectivity index (χ0) is 13.4. The van der Waals surface area contributed by atoms with E-state index in [2.05, 4.69) is 10.6 Å². The highest BCUT2D eigenvalue weighted by atomic mass is 19.1. The summed E-state index contributed by atoms with van der Waals surface area (Å²) in [5, 5.41) is 5.16. The van der Waals surface area contributed by atoms with Crippen LogP contribution in [0.15, 0.2) is 24.3 Å². The number of benzene rings is 1. The van der Waals surface area contributed by atoms with Gasteiger partial charge in [-0.3, -0.25) is 9.59 Å². The van der Waals surface area contributed by atoms with Crippen molar-refractivity contribution in [2.45, 2.75) is 26.3 Å². The molecule has 5 heteroatoms. The molecular formula is C13H17FN2O2. The smallest absolute Gasteiger partial charge is 0.239 e. The van der Waals surface area contributed by atoms with Gasteiger partial charge in [0, 0.05) is 13.0 Å². The van der Waals surface area contributed by atoms with E-state index < -0.39 is 0 Å². The number of hydrogen-bond acceptors (Lipinski definition) is 2. The summed E-state index contributed by atoms with van der Waals surface area (Å²) in [5.74, 6) is -0.699. The second-order valence-electron chi connectivity index (χ2n) is 3.93. The first-order valence-electron chi connectivity index (χ1n) is 5.89. The molecule has 0 atom stereocenters. The molecule has 18 heavy (non-hydrogen) atoms. The maximum absolute atomic E-state index is 12.6. The van der Waals surface area contributed by atoms with Gasteiger partial charge in [-0.05, 0) is 24.1 Å². The third-order valence-corrected chi connectivity index (χ3v) is 2.33. The van der Waals surface area contributed by atoms with Crippen molar-refractivity contribution in [2.24, 2.45) is 0 Å². The van der Waals surface area contributed by atoms with Crippen LogP contribution in [0.4, 0.5) is 4.39 Å². The molecule has 0 aliphatic rings. The van der Waals surface area contributed by atoms with Gasteiger partial charge < -0.3 is 10.6 Å². The molecule has 1 aromatic rings. The molecule has 0 saturated heterocycles. The Kier molecular flexibility index (Phi) is 5.84. The molecule has 0 fully saturated rings. The summed E-state index contributed by atoms with van der Waals surface area (Å²) in [6.45, 7) is 2.19. The first-order chi connectivity index (χ1) is 8.61. The summed E-state index contributed by atoms with van der Waals surface area (Å²) in [7, 11) is 0. The number of carbonyl (C=O) groups is 2. The largest absolute Gasteiger partial charge is 0.350 e. The number of rotatable bonds is 6. The van der Waals surface area contributed by atoms with Gasteiger partial charge in [0.1, 0.15) is 5.82 Å². The van der Waals surface area contributed by atoms with Gasteiger partial charge in [0.2, 0.25) is 11.8 Å². The predicted molar refractivity (Wildman–Crippen MR) is 66.2 cm³/mol. The predicted octanol–water partition coefficient (Wildman–Crippen LogP) is 1.36. The molecule has 0 bridgehead atoms. The molecule has 2 amide bonds. The van der Waals surface area contributed by atoms with Crippen LogP contribution in [0.5, 0.6) is 0 Å². The number of halogens is 1. The van der Waals surface area contributed by atoms with Gasteiger partial charge in [-0.15, -0.1) is 0 Å². The maximum Gasteiger partial charge on any atom is 0.239 e. The first-order valence-corrected chi connectivity index (χ1v) is 5.89. The van der Waals surface area contributed by atoms with Crippen LogP contribution in [0.1, 0.15) is 25.3 Å². The van der Waals surface area contributed by atoms with Gasteiger partial charge in [0.05, 0.1) is 6.54 Å². The fourth-order valence-electron chi connectivity index (χ4n) is 1.36.